The van der Waals surface area contributed by atoms with E-state index in [9.17, 15) is 8.42 Å². The lowest BCUT2D eigenvalue weighted by molar-refractivity contribution is 0.601. The summed E-state index contributed by atoms with van der Waals surface area (Å²) in [6.45, 7) is 2.00. The number of hydrogen-bond acceptors (Lipinski definition) is 3. The average molecular weight is 345 g/mol. The SMILES string of the molecule is Cc1cccc(NS(=O)(=O)c2cc(CN)c(Cl)cc2Cl)c1. The van der Waals surface area contributed by atoms with E-state index in [1.54, 1.807) is 18.2 Å². The van der Waals surface area contributed by atoms with Crippen LogP contribution in [0.2, 0.25) is 10.0 Å². The number of benzene rings is 2. The van der Waals surface area contributed by atoms with Crippen molar-refractivity contribution < 1.29 is 8.42 Å². The van der Waals surface area contributed by atoms with E-state index in [-0.39, 0.29) is 16.5 Å². The van der Waals surface area contributed by atoms with Gasteiger partial charge in [-0.1, -0.05) is 35.3 Å². The van der Waals surface area contributed by atoms with Crippen LogP contribution in [0.1, 0.15) is 11.1 Å². The highest BCUT2D eigenvalue weighted by Gasteiger charge is 2.20. The summed E-state index contributed by atoms with van der Waals surface area (Å²) in [5.74, 6) is 0. The first-order valence-electron chi connectivity index (χ1n) is 6.11. The quantitative estimate of drug-likeness (QED) is 0.890. The second-order valence-corrected chi connectivity index (χ2v) is 7.02. The molecule has 0 aromatic heterocycles. The molecule has 2 aromatic carbocycles. The minimum atomic E-state index is -3.81. The second kappa shape index (κ2) is 6.23. The number of sulfonamides is 1. The third-order valence-corrected chi connectivity index (χ3v) is 5.08. The van der Waals surface area contributed by atoms with Crippen LogP contribution in [0.3, 0.4) is 0 Å². The Morgan fingerprint density at radius 1 is 1.14 bits per heavy atom. The number of rotatable bonds is 4. The standard InChI is InChI=1S/C14H14Cl2N2O2S/c1-9-3-2-4-11(5-9)18-21(19,20)14-6-10(8-17)12(15)7-13(14)16/h2-7,18H,8,17H2,1H3. The van der Waals surface area contributed by atoms with Gasteiger partial charge in [0.25, 0.3) is 10.0 Å². The highest BCUT2D eigenvalue weighted by Crippen LogP contribution is 2.29. The Morgan fingerprint density at radius 3 is 2.48 bits per heavy atom. The number of aryl methyl sites for hydroxylation is 1. The fraction of sp³-hybridized carbons (Fsp3) is 0.143. The summed E-state index contributed by atoms with van der Waals surface area (Å²) >= 11 is 11.9. The molecule has 0 aliphatic heterocycles. The van der Waals surface area contributed by atoms with Crippen molar-refractivity contribution >= 4 is 38.9 Å². The maximum absolute atomic E-state index is 12.4. The molecule has 0 bridgehead atoms. The molecule has 21 heavy (non-hydrogen) atoms. The molecule has 2 rings (SSSR count). The van der Waals surface area contributed by atoms with Gasteiger partial charge in [0.05, 0.1) is 5.02 Å². The van der Waals surface area contributed by atoms with Gasteiger partial charge in [-0.25, -0.2) is 8.42 Å². The smallest absolute Gasteiger partial charge is 0.263 e. The van der Waals surface area contributed by atoms with E-state index < -0.39 is 10.0 Å². The molecule has 0 heterocycles. The maximum Gasteiger partial charge on any atom is 0.263 e. The van der Waals surface area contributed by atoms with Crippen LogP contribution in [0.15, 0.2) is 41.3 Å². The first kappa shape index (κ1) is 16.1. The van der Waals surface area contributed by atoms with Crippen LogP contribution in [0.25, 0.3) is 0 Å². The van der Waals surface area contributed by atoms with E-state index in [4.69, 9.17) is 28.9 Å². The maximum atomic E-state index is 12.4. The second-order valence-electron chi connectivity index (χ2n) is 4.55. The summed E-state index contributed by atoms with van der Waals surface area (Å²) in [6.07, 6.45) is 0. The molecule has 0 saturated heterocycles. The van der Waals surface area contributed by atoms with Crippen molar-refractivity contribution in [3.63, 3.8) is 0 Å². The summed E-state index contributed by atoms with van der Waals surface area (Å²) in [6, 6.07) is 9.81. The van der Waals surface area contributed by atoms with E-state index in [1.807, 2.05) is 13.0 Å². The van der Waals surface area contributed by atoms with E-state index in [1.165, 1.54) is 12.1 Å². The van der Waals surface area contributed by atoms with Crippen LogP contribution in [0.5, 0.6) is 0 Å². The Kier molecular flexibility index (Phi) is 4.78. The van der Waals surface area contributed by atoms with Gasteiger partial charge in [0.2, 0.25) is 0 Å². The van der Waals surface area contributed by atoms with Gasteiger partial charge in [-0.3, -0.25) is 4.72 Å². The van der Waals surface area contributed by atoms with Crippen molar-refractivity contribution in [3.05, 3.63) is 57.6 Å². The van der Waals surface area contributed by atoms with Gasteiger partial charge >= 0.3 is 0 Å². The summed E-state index contributed by atoms with van der Waals surface area (Å²) in [4.78, 5) is -0.0458. The zero-order valence-electron chi connectivity index (χ0n) is 11.2. The van der Waals surface area contributed by atoms with Crippen LogP contribution in [0.4, 0.5) is 5.69 Å². The summed E-state index contributed by atoms with van der Waals surface area (Å²) in [7, 11) is -3.81. The Hall–Kier alpha value is -1.27. The lowest BCUT2D eigenvalue weighted by Crippen LogP contribution is -2.14. The van der Waals surface area contributed by atoms with E-state index >= 15 is 0 Å². The molecule has 0 radical (unpaired) electrons. The number of anilines is 1. The number of nitrogens with one attached hydrogen (secondary N) is 1. The summed E-state index contributed by atoms with van der Waals surface area (Å²) in [5, 5.41) is 0.398. The summed E-state index contributed by atoms with van der Waals surface area (Å²) in [5.41, 5.74) is 7.47. The predicted octanol–water partition coefficient (Wildman–Crippen LogP) is 3.56. The molecular formula is C14H14Cl2N2O2S. The first-order valence-corrected chi connectivity index (χ1v) is 8.35. The van der Waals surface area contributed by atoms with Gasteiger partial charge in [0.1, 0.15) is 4.90 Å². The highest BCUT2D eigenvalue weighted by molar-refractivity contribution is 7.92. The van der Waals surface area contributed by atoms with Gasteiger partial charge in [0, 0.05) is 17.3 Å². The Balaban J connectivity index is 2.44. The first-order chi connectivity index (χ1) is 9.83. The van der Waals surface area contributed by atoms with Gasteiger partial charge in [-0.15, -0.1) is 0 Å². The topological polar surface area (TPSA) is 72.2 Å². The molecule has 112 valence electrons. The minimum absolute atomic E-state index is 0.0458. The molecule has 0 atom stereocenters. The van der Waals surface area contributed by atoms with Crippen LogP contribution in [-0.4, -0.2) is 8.42 Å². The molecule has 0 aliphatic carbocycles. The number of nitrogens with two attached hydrogens (primary N) is 1. The largest absolute Gasteiger partial charge is 0.326 e. The van der Waals surface area contributed by atoms with Crippen molar-refractivity contribution in [2.45, 2.75) is 18.4 Å². The molecule has 4 nitrogen and oxygen atoms in total. The molecule has 3 N–H and O–H groups in total. The third kappa shape index (κ3) is 3.68. The van der Waals surface area contributed by atoms with E-state index in [0.29, 0.717) is 16.3 Å². The number of halogens is 2. The fourth-order valence-electron chi connectivity index (χ4n) is 1.85. The fourth-order valence-corrected chi connectivity index (χ4v) is 3.78. The molecule has 2 aromatic rings. The van der Waals surface area contributed by atoms with Crippen LogP contribution < -0.4 is 10.5 Å². The van der Waals surface area contributed by atoms with Crippen molar-refractivity contribution in [2.24, 2.45) is 5.73 Å². The average Bonchev–Trinajstić information content (AvgIpc) is 2.37. The number of hydrogen-bond donors (Lipinski definition) is 2. The van der Waals surface area contributed by atoms with E-state index in [0.717, 1.165) is 5.56 Å². The summed E-state index contributed by atoms with van der Waals surface area (Å²) < 4.78 is 27.4. The van der Waals surface area contributed by atoms with Crippen LogP contribution >= 0.6 is 23.2 Å². The van der Waals surface area contributed by atoms with Gasteiger partial charge in [0.15, 0.2) is 0 Å². The van der Waals surface area contributed by atoms with Crippen molar-refractivity contribution in [2.75, 3.05) is 4.72 Å². The zero-order valence-corrected chi connectivity index (χ0v) is 13.6. The lowest BCUT2D eigenvalue weighted by atomic mass is 10.2. The van der Waals surface area contributed by atoms with Gasteiger partial charge < -0.3 is 5.73 Å². The van der Waals surface area contributed by atoms with E-state index in [2.05, 4.69) is 4.72 Å². The monoisotopic (exact) mass is 344 g/mol. The Labute approximate surface area is 133 Å². The molecule has 0 amide bonds. The van der Waals surface area contributed by atoms with Crippen molar-refractivity contribution in [1.29, 1.82) is 0 Å². The van der Waals surface area contributed by atoms with Crippen molar-refractivity contribution in [3.8, 4) is 0 Å². The van der Waals surface area contributed by atoms with Crippen LogP contribution in [0, 0.1) is 6.92 Å². The Morgan fingerprint density at radius 2 is 1.86 bits per heavy atom. The zero-order chi connectivity index (χ0) is 15.6. The minimum Gasteiger partial charge on any atom is -0.326 e. The molecule has 0 fully saturated rings. The van der Waals surface area contributed by atoms with Gasteiger partial charge in [-0.05, 0) is 42.3 Å². The lowest BCUT2D eigenvalue weighted by Gasteiger charge is -2.12. The molecule has 0 aliphatic rings. The molecule has 7 heteroatoms. The van der Waals surface area contributed by atoms with Gasteiger partial charge in [-0.2, -0.15) is 0 Å². The van der Waals surface area contributed by atoms with Crippen LogP contribution in [-0.2, 0) is 16.6 Å². The normalized spacial score (nSPS) is 11.4. The molecule has 0 spiro atoms. The molecular weight excluding hydrogens is 331 g/mol. The van der Waals surface area contributed by atoms with Crippen molar-refractivity contribution in [1.82, 2.24) is 0 Å². The molecule has 0 unspecified atom stereocenters. The highest BCUT2D eigenvalue weighted by atomic mass is 35.5. The molecule has 0 saturated carbocycles. The third-order valence-electron chi connectivity index (χ3n) is 2.88. The Bertz CT molecular complexity index is 777. The predicted molar refractivity (Wildman–Crippen MR) is 86.3 cm³/mol.